The van der Waals surface area contributed by atoms with Crippen molar-refractivity contribution in [3.05, 3.63) is 122 Å². The van der Waals surface area contributed by atoms with Crippen molar-refractivity contribution in [3.63, 3.8) is 0 Å². The number of thiophene rings is 1. The highest BCUT2D eigenvalue weighted by molar-refractivity contribution is 14.1. The normalized spacial score (nSPS) is 18.1. The van der Waals surface area contributed by atoms with Gasteiger partial charge in [-0.15, -0.1) is 0 Å². The first-order chi connectivity index (χ1) is 17.0. The van der Waals surface area contributed by atoms with Crippen LogP contribution in [0.1, 0.15) is 45.6 Å². The zero-order chi connectivity index (χ0) is 24.4. The lowest BCUT2D eigenvalue weighted by atomic mass is 9.96. The van der Waals surface area contributed by atoms with Gasteiger partial charge in [0.1, 0.15) is 0 Å². The van der Waals surface area contributed by atoms with Crippen molar-refractivity contribution >= 4 is 45.5 Å². The molecule has 1 fully saturated rings. The van der Waals surface area contributed by atoms with E-state index in [2.05, 4.69) is 112 Å². The maximum absolute atomic E-state index is 14.2. The van der Waals surface area contributed by atoms with E-state index in [9.17, 15) is 4.79 Å². The molecule has 178 valence electrons. The highest BCUT2D eigenvalue weighted by Crippen LogP contribution is 2.46. The Hall–Kier alpha value is -2.68. The third-order valence-electron chi connectivity index (χ3n) is 6.59. The molecule has 3 aromatic carbocycles. The molecule has 0 radical (unpaired) electrons. The summed E-state index contributed by atoms with van der Waals surface area (Å²) >= 11 is 3.97. The summed E-state index contributed by atoms with van der Waals surface area (Å²) in [7, 11) is 4.11. The Bertz CT molecular complexity index is 1280. The van der Waals surface area contributed by atoms with Crippen LogP contribution >= 0.6 is 33.9 Å². The van der Waals surface area contributed by atoms with E-state index in [4.69, 9.17) is 0 Å². The predicted molar refractivity (Wildman–Crippen MR) is 153 cm³/mol. The predicted octanol–water partition coefficient (Wildman–Crippen LogP) is 7.16. The highest BCUT2D eigenvalue weighted by Gasteiger charge is 2.44. The summed E-state index contributed by atoms with van der Waals surface area (Å²) in [4.78, 5) is 16.3. The Morgan fingerprint density at radius 2 is 1.60 bits per heavy atom. The van der Waals surface area contributed by atoms with Crippen LogP contribution in [0.15, 0.2) is 95.7 Å². The number of carbonyl (C=O) groups excluding carboxylic acids is 1. The first kappa shape index (κ1) is 24.0. The number of hydrazine groups is 1. The van der Waals surface area contributed by atoms with Gasteiger partial charge in [0, 0.05) is 29.9 Å². The Morgan fingerprint density at radius 1 is 0.914 bits per heavy atom. The Morgan fingerprint density at radius 3 is 2.26 bits per heavy atom. The highest BCUT2D eigenvalue weighted by atomic mass is 127. The van der Waals surface area contributed by atoms with E-state index in [-0.39, 0.29) is 18.0 Å². The van der Waals surface area contributed by atoms with E-state index < -0.39 is 0 Å². The van der Waals surface area contributed by atoms with Gasteiger partial charge in [-0.05, 0) is 86.8 Å². The van der Waals surface area contributed by atoms with Gasteiger partial charge in [-0.2, -0.15) is 11.3 Å². The fraction of sp³-hybridized carbons (Fsp3) is 0.207. The molecule has 0 bridgehead atoms. The van der Waals surface area contributed by atoms with E-state index in [1.54, 1.807) is 11.3 Å². The molecular weight excluding hydrogens is 565 g/mol. The molecule has 0 N–H and O–H groups in total. The molecule has 0 spiro atoms. The van der Waals surface area contributed by atoms with E-state index in [1.807, 2.05) is 35.3 Å². The number of rotatable bonds is 6. The number of hydrogen-bond acceptors (Lipinski definition) is 4. The molecule has 1 amide bonds. The van der Waals surface area contributed by atoms with Crippen LogP contribution in [0, 0.1) is 3.57 Å². The van der Waals surface area contributed by atoms with Gasteiger partial charge in [0.15, 0.2) is 0 Å². The molecule has 1 aliphatic rings. The lowest BCUT2D eigenvalue weighted by Gasteiger charge is -2.35. The van der Waals surface area contributed by atoms with Crippen LogP contribution in [0.2, 0.25) is 0 Å². The molecule has 0 saturated carbocycles. The molecule has 2 atom stereocenters. The number of halogens is 1. The van der Waals surface area contributed by atoms with Gasteiger partial charge in [-0.3, -0.25) is 9.80 Å². The summed E-state index contributed by atoms with van der Waals surface area (Å²) in [6.45, 7) is 0.683. The third kappa shape index (κ3) is 5.01. The first-order valence-electron chi connectivity index (χ1n) is 11.7. The average molecular weight is 594 g/mol. The molecule has 1 aliphatic heterocycles. The van der Waals surface area contributed by atoms with Gasteiger partial charge >= 0.3 is 0 Å². The van der Waals surface area contributed by atoms with Gasteiger partial charge < -0.3 is 4.90 Å². The molecule has 2 heterocycles. The van der Waals surface area contributed by atoms with Gasteiger partial charge in [0.25, 0.3) is 5.91 Å². The molecule has 1 aromatic heterocycles. The number of anilines is 1. The second-order valence-corrected chi connectivity index (χ2v) is 11.0. The zero-order valence-electron chi connectivity index (χ0n) is 19.8. The summed E-state index contributed by atoms with van der Waals surface area (Å²) < 4.78 is 0.969. The topological polar surface area (TPSA) is 26.8 Å². The second kappa shape index (κ2) is 10.5. The van der Waals surface area contributed by atoms with Crippen LogP contribution in [0.4, 0.5) is 5.69 Å². The minimum atomic E-state index is -0.0446. The van der Waals surface area contributed by atoms with Crippen LogP contribution in [-0.4, -0.2) is 30.0 Å². The quantitative estimate of drug-likeness (QED) is 0.222. The van der Waals surface area contributed by atoms with E-state index in [0.717, 1.165) is 21.1 Å². The number of hydrogen-bond donors (Lipinski definition) is 0. The molecule has 5 rings (SSSR count). The monoisotopic (exact) mass is 593 g/mol. The van der Waals surface area contributed by atoms with Crippen molar-refractivity contribution in [2.75, 3.05) is 19.0 Å². The van der Waals surface area contributed by atoms with Crippen molar-refractivity contribution in [1.29, 1.82) is 0 Å². The second-order valence-electron chi connectivity index (χ2n) is 9.02. The number of nitrogens with zero attached hydrogens (tertiary/aromatic N) is 3. The van der Waals surface area contributed by atoms with Crippen molar-refractivity contribution in [1.82, 2.24) is 10.0 Å². The fourth-order valence-corrected chi connectivity index (χ4v) is 6.07. The maximum atomic E-state index is 14.2. The van der Waals surface area contributed by atoms with Crippen molar-refractivity contribution in [2.24, 2.45) is 0 Å². The van der Waals surface area contributed by atoms with Crippen molar-refractivity contribution in [2.45, 2.75) is 25.0 Å². The van der Waals surface area contributed by atoms with Crippen LogP contribution in [0.5, 0.6) is 0 Å². The van der Waals surface area contributed by atoms with Gasteiger partial charge in [0.2, 0.25) is 0 Å². The largest absolute Gasteiger partial charge is 0.378 e. The summed E-state index contributed by atoms with van der Waals surface area (Å²) in [6.07, 6.45) is 0.838. The lowest BCUT2D eigenvalue weighted by Crippen LogP contribution is -2.43. The van der Waals surface area contributed by atoms with Crippen LogP contribution in [0.3, 0.4) is 0 Å². The first-order valence-corrected chi connectivity index (χ1v) is 13.7. The SMILES string of the molecule is CN(C)c1ccc([C@@H]2C[C@@H](c3ccccc3)N(C(=O)c3ccccc3I)N2Cc2ccsc2)cc1. The molecule has 0 unspecified atom stereocenters. The fourth-order valence-electron chi connectivity index (χ4n) is 4.79. The molecule has 6 heteroatoms. The van der Waals surface area contributed by atoms with E-state index >= 15 is 0 Å². The molecule has 1 saturated heterocycles. The summed E-state index contributed by atoms with van der Waals surface area (Å²) in [5.74, 6) is 0.0477. The standard InChI is InChI=1S/C29H28IN3OS/c1-31(2)24-14-12-23(13-15-24)27-18-28(22-8-4-3-5-9-22)33(32(27)19-21-16-17-35-20-21)29(34)25-10-6-7-11-26(25)30/h3-17,20,27-28H,18-19H2,1-2H3/t27-,28-/m0/s1. The number of benzene rings is 3. The van der Waals surface area contributed by atoms with E-state index in [1.165, 1.54) is 16.8 Å². The molecular formula is C29H28IN3OS. The molecule has 35 heavy (non-hydrogen) atoms. The Labute approximate surface area is 224 Å². The van der Waals surface area contributed by atoms with Crippen molar-refractivity contribution in [3.8, 4) is 0 Å². The molecule has 4 nitrogen and oxygen atoms in total. The smallest absolute Gasteiger partial charge is 0.269 e. The van der Waals surface area contributed by atoms with Crippen LogP contribution in [0.25, 0.3) is 0 Å². The van der Waals surface area contributed by atoms with Gasteiger partial charge in [0.05, 0.1) is 17.6 Å². The minimum Gasteiger partial charge on any atom is -0.378 e. The third-order valence-corrected chi connectivity index (χ3v) is 8.27. The van der Waals surface area contributed by atoms with Crippen molar-refractivity contribution < 1.29 is 4.79 Å². The zero-order valence-corrected chi connectivity index (χ0v) is 22.8. The lowest BCUT2D eigenvalue weighted by molar-refractivity contribution is -0.0185. The van der Waals surface area contributed by atoms with Crippen LogP contribution in [-0.2, 0) is 6.54 Å². The molecule has 0 aliphatic carbocycles. The van der Waals surface area contributed by atoms with Gasteiger partial charge in [-0.1, -0.05) is 54.6 Å². The van der Waals surface area contributed by atoms with Crippen LogP contribution < -0.4 is 4.90 Å². The Balaban J connectivity index is 1.61. The summed E-state index contributed by atoms with van der Waals surface area (Å²) in [6, 6.07) is 29.3. The molecule has 4 aromatic rings. The number of amides is 1. The average Bonchev–Trinajstić information content (AvgIpc) is 3.53. The summed E-state index contributed by atoms with van der Waals surface area (Å²) in [5, 5.41) is 8.59. The maximum Gasteiger partial charge on any atom is 0.269 e. The number of carbonyl (C=O) groups is 1. The summed E-state index contributed by atoms with van der Waals surface area (Å²) in [5.41, 5.74) is 5.52. The van der Waals surface area contributed by atoms with Gasteiger partial charge in [-0.25, -0.2) is 5.01 Å². The Kier molecular flexibility index (Phi) is 7.22. The minimum absolute atomic E-state index is 0.0446. The van der Waals surface area contributed by atoms with E-state index in [0.29, 0.717) is 6.54 Å².